The summed E-state index contributed by atoms with van der Waals surface area (Å²) >= 11 is 0. The molecule has 1 atom stereocenters. The molecule has 0 fully saturated rings. The lowest BCUT2D eigenvalue weighted by Crippen LogP contribution is -2.27. The molecule has 1 aromatic carbocycles. The van der Waals surface area contributed by atoms with Gasteiger partial charge in [0, 0.05) is 7.11 Å². The summed E-state index contributed by atoms with van der Waals surface area (Å²) in [5, 5.41) is 9.88. The van der Waals surface area contributed by atoms with E-state index in [1.54, 1.807) is 0 Å². The van der Waals surface area contributed by atoms with Crippen molar-refractivity contribution in [1.82, 2.24) is 0 Å². The fourth-order valence-electron chi connectivity index (χ4n) is 1.39. The Bertz CT molecular complexity index is 358. The second-order valence-electron chi connectivity index (χ2n) is 3.79. The molecule has 0 spiro atoms. The number of ether oxygens (including phenoxy) is 1. The predicted molar refractivity (Wildman–Crippen MR) is 52.9 cm³/mol. The van der Waals surface area contributed by atoms with Gasteiger partial charge in [0.1, 0.15) is 5.60 Å². The summed E-state index contributed by atoms with van der Waals surface area (Å²) < 4.78 is 42.0. The molecule has 0 aliphatic carbocycles. The SMILES string of the molecule is COCC(C)(O)c1cccc(C(F)(F)F)c1. The van der Waals surface area contributed by atoms with Gasteiger partial charge in [0.25, 0.3) is 0 Å². The molecule has 1 rings (SSSR count). The number of alkyl halides is 3. The maximum Gasteiger partial charge on any atom is 0.416 e. The minimum atomic E-state index is -4.40. The van der Waals surface area contributed by atoms with Gasteiger partial charge < -0.3 is 9.84 Å². The first-order valence-electron chi connectivity index (χ1n) is 4.66. The average Bonchev–Trinajstić information content (AvgIpc) is 2.16. The van der Waals surface area contributed by atoms with Gasteiger partial charge in [-0.1, -0.05) is 12.1 Å². The quantitative estimate of drug-likeness (QED) is 0.870. The van der Waals surface area contributed by atoms with E-state index < -0.39 is 17.3 Å². The lowest BCUT2D eigenvalue weighted by Gasteiger charge is -2.23. The van der Waals surface area contributed by atoms with E-state index in [1.807, 2.05) is 0 Å². The molecule has 0 aliphatic rings. The molecule has 2 nitrogen and oxygen atoms in total. The van der Waals surface area contributed by atoms with Gasteiger partial charge in [-0.15, -0.1) is 0 Å². The van der Waals surface area contributed by atoms with Crippen LogP contribution in [0.4, 0.5) is 13.2 Å². The zero-order valence-electron chi connectivity index (χ0n) is 9.01. The number of rotatable bonds is 3. The third-order valence-electron chi connectivity index (χ3n) is 2.24. The molecule has 0 amide bonds. The molecule has 1 N–H and O–H groups in total. The van der Waals surface area contributed by atoms with E-state index in [1.165, 1.54) is 26.2 Å². The molecule has 16 heavy (non-hydrogen) atoms. The highest BCUT2D eigenvalue weighted by molar-refractivity contribution is 5.29. The number of methoxy groups -OCH3 is 1. The first kappa shape index (κ1) is 13.0. The first-order chi connectivity index (χ1) is 7.27. The fraction of sp³-hybridized carbons (Fsp3) is 0.455. The maximum absolute atomic E-state index is 12.4. The monoisotopic (exact) mass is 234 g/mol. The van der Waals surface area contributed by atoms with E-state index in [0.29, 0.717) is 0 Å². The number of hydrogen-bond donors (Lipinski definition) is 1. The van der Waals surface area contributed by atoms with Crippen LogP contribution in [0.2, 0.25) is 0 Å². The molecule has 0 aliphatic heterocycles. The Hall–Kier alpha value is -1.07. The van der Waals surface area contributed by atoms with Crippen LogP contribution in [0.5, 0.6) is 0 Å². The van der Waals surface area contributed by atoms with E-state index >= 15 is 0 Å². The normalized spacial score (nSPS) is 15.9. The van der Waals surface area contributed by atoms with Crippen LogP contribution in [0.1, 0.15) is 18.1 Å². The van der Waals surface area contributed by atoms with Gasteiger partial charge in [0.15, 0.2) is 0 Å². The third kappa shape index (κ3) is 2.96. The maximum atomic E-state index is 12.4. The number of benzene rings is 1. The Balaban J connectivity index is 3.08. The van der Waals surface area contributed by atoms with Crippen LogP contribution in [0.25, 0.3) is 0 Å². The van der Waals surface area contributed by atoms with Crippen molar-refractivity contribution in [3.63, 3.8) is 0 Å². The molecule has 5 heteroatoms. The van der Waals surface area contributed by atoms with Crippen LogP contribution in [-0.4, -0.2) is 18.8 Å². The second kappa shape index (κ2) is 4.43. The highest BCUT2D eigenvalue weighted by atomic mass is 19.4. The Labute approximate surface area is 91.7 Å². The highest BCUT2D eigenvalue weighted by Crippen LogP contribution is 2.32. The van der Waals surface area contributed by atoms with Crippen LogP contribution in [0.3, 0.4) is 0 Å². The van der Waals surface area contributed by atoms with Crippen molar-refractivity contribution in [2.75, 3.05) is 13.7 Å². The molecule has 1 aromatic rings. The lowest BCUT2D eigenvalue weighted by molar-refractivity contribution is -0.137. The number of halogens is 3. The number of hydrogen-bond acceptors (Lipinski definition) is 2. The van der Waals surface area contributed by atoms with Gasteiger partial charge in [-0.2, -0.15) is 13.2 Å². The Morgan fingerprint density at radius 3 is 2.31 bits per heavy atom. The first-order valence-corrected chi connectivity index (χ1v) is 4.66. The Kier molecular flexibility index (Phi) is 3.60. The molecule has 0 aromatic heterocycles. The predicted octanol–water partition coefficient (Wildman–Crippen LogP) is 2.56. The molecule has 90 valence electrons. The minimum absolute atomic E-state index is 0.0612. The molecule has 1 unspecified atom stereocenters. The summed E-state index contributed by atoms with van der Waals surface area (Å²) in [7, 11) is 1.38. The van der Waals surface area contributed by atoms with E-state index in [9.17, 15) is 18.3 Å². The average molecular weight is 234 g/mol. The summed E-state index contributed by atoms with van der Waals surface area (Å²) in [5.41, 5.74) is -2.01. The fourth-order valence-corrected chi connectivity index (χ4v) is 1.39. The molecule has 0 bridgehead atoms. The highest BCUT2D eigenvalue weighted by Gasteiger charge is 2.32. The summed E-state index contributed by atoms with van der Waals surface area (Å²) in [5.74, 6) is 0. The number of aliphatic hydroxyl groups is 1. The van der Waals surface area contributed by atoms with Crippen molar-refractivity contribution in [2.24, 2.45) is 0 Å². The smallest absolute Gasteiger partial charge is 0.383 e. The van der Waals surface area contributed by atoms with Gasteiger partial charge in [-0.3, -0.25) is 0 Å². The van der Waals surface area contributed by atoms with Crippen molar-refractivity contribution < 1.29 is 23.0 Å². The van der Waals surface area contributed by atoms with E-state index in [0.717, 1.165) is 12.1 Å². The summed E-state index contributed by atoms with van der Waals surface area (Å²) in [6.07, 6.45) is -4.40. The summed E-state index contributed by atoms with van der Waals surface area (Å²) in [4.78, 5) is 0. The van der Waals surface area contributed by atoms with Crippen LogP contribution in [0, 0.1) is 0 Å². The largest absolute Gasteiger partial charge is 0.416 e. The topological polar surface area (TPSA) is 29.5 Å². The van der Waals surface area contributed by atoms with Crippen molar-refractivity contribution in [2.45, 2.75) is 18.7 Å². The van der Waals surface area contributed by atoms with Gasteiger partial charge >= 0.3 is 6.18 Å². The summed E-state index contributed by atoms with van der Waals surface area (Å²) in [6, 6.07) is 4.60. The van der Waals surface area contributed by atoms with E-state index in [4.69, 9.17) is 4.74 Å². The van der Waals surface area contributed by atoms with E-state index in [-0.39, 0.29) is 12.2 Å². The summed E-state index contributed by atoms with van der Waals surface area (Å²) in [6.45, 7) is 1.35. The van der Waals surface area contributed by atoms with Crippen molar-refractivity contribution >= 4 is 0 Å². The standard InChI is InChI=1S/C11H13F3O2/c1-10(15,7-16-2)8-4-3-5-9(6-8)11(12,13)14/h3-6,15H,7H2,1-2H3. The lowest BCUT2D eigenvalue weighted by atomic mass is 9.95. The third-order valence-corrected chi connectivity index (χ3v) is 2.24. The van der Waals surface area contributed by atoms with Crippen LogP contribution in [-0.2, 0) is 16.5 Å². The van der Waals surface area contributed by atoms with E-state index in [2.05, 4.69) is 0 Å². The van der Waals surface area contributed by atoms with Crippen molar-refractivity contribution in [3.8, 4) is 0 Å². The molecule has 0 saturated carbocycles. The molecule has 0 saturated heterocycles. The van der Waals surface area contributed by atoms with Gasteiger partial charge in [-0.25, -0.2) is 0 Å². The van der Waals surface area contributed by atoms with Gasteiger partial charge in [0.2, 0.25) is 0 Å². The Morgan fingerprint density at radius 1 is 1.25 bits per heavy atom. The second-order valence-corrected chi connectivity index (χ2v) is 3.79. The van der Waals surface area contributed by atoms with Crippen LogP contribution >= 0.6 is 0 Å². The molecule has 0 radical (unpaired) electrons. The molecule has 0 heterocycles. The minimum Gasteiger partial charge on any atom is -0.383 e. The molecular weight excluding hydrogens is 221 g/mol. The van der Waals surface area contributed by atoms with Crippen molar-refractivity contribution in [1.29, 1.82) is 0 Å². The van der Waals surface area contributed by atoms with Crippen LogP contribution in [0.15, 0.2) is 24.3 Å². The zero-order valence-corrected chi connectivity index (χ0v) is 9.01. The Morgan fingerprint density at radius 2 is 1.81 bits per heavy atom. The van der Waals surface area contributed by atoms with Gasteiger partial charge in [-0.05, 0) is 24.6 Å². The zero-order chi connectivity index (χ0) is 12.4. The van der Waals surface area contributed by atoms with Gasteiger partial charge in [0.05, 0.1) is 12.2 Å². The van der Waals surface area contributed by atoms with Crippen molar-refractivity contribution in [3.05, 3.63) is 35.4 Å². The van der Waals surface area contributed by atoms with Crippen LogP contribution < -0.4 is 0 Å². The molecular formula is C11H13F3O2.